The fourth-order valence-electron chi connectivity index (χ4n) is 2.63. The molecule has 0 N–H and O–H groups in total. The van der Waals surface area contributed by atoms with Gasteiger partial charge in [0.1, 0.15) is 0 Å². The maximum Gasteiger partial charge on any atom is 0.231 e. The first-order valence-corrected chi connectivity index (χ1v) is 12.1. The minimum absolute atomic E-state index is 0.720. The van der Waals surface area contributed by atoms with E-state index in [1.54, 1.807) is 32.9 Å². The lowest BCUT2D eigenvalue weighted by molar-refractivity contribution is 0.747. The molecule has 3 rings (SSSR count). The highest BCUT2D eigenvalue weighted by Gasteiger charge is 2.16. The summed E-state index contributed by atoms with van der Waals surface area (Å²) in [5, 5.41) is 0.720. The number of fused-ring (bicyclic) bond motifs is 1. The molecule has 0 saturated carbocycles. The van der Waals surface area contributed by atoms with Crippen molar-refractivity contribution in [2.75, 3.05) is 36.0 Å². The van der Waals surface area contributed by atoms with Gasteiger partial charge in [-0.2, -0.15) is 15.0 Å². The second-order valence-corrected chi connectivity index (χ2v) is 9.05. The topological polar surface area (TPSA) is 58.0 Å². The zero-order chi connectivity index (χ0) is 19.2. The Balaban J connectivity index is 1.85. The largest absolute Gasteiger partial charge is 0.341 e. The quantitative estimate of drug-likeness (QED) is 0.450. The SMILES string of the molecule is CCN(CC)c1nc(SSc2nc3ccccc3s2)nc(N(CC)CC)n1. The van der Waals surface area contributed by atoms with Gasteiger partial charge in [0, 0.05) is 26.2 Å². The molecule has 9 heteroatoms. The van der Waals surface area contributed by atoms with Crippen LogP contribution in [0.4, 0.5) is 11.9 Å². The predicted molar refractivity (Wildman–Crippen MR) is 118 cm³/mol. The van der Waals surface area contributed by atoms with Crippen LogP contribution in [0, 0.1) is 0 Å². The normalized spacial score (nSPS) is 11.1. The lowest BCUT2D eigenvalue weighted by atomic mass is 10.3. The molecule has 0 fully saturated rings. The third-order valence-electron chi connectivity index (χ3n) is 4.15. The number of anilines is 2. The first-order chi connectivity index (χ1) is 13.2. The van der Waals surface area contributed by atoms with Crippen molar-refractivity contribution < 1.29 is 0 Å². The van der Waals surface area contributed by atoms with Crippen LogP contribution in [0.5, 0.6) is 0 Å². The summed E-state index contributed by atoms with van der Waals surface area (Å²) in [6.45, 7) is 11.9. The third kappa shape index (κ3) is 4.83. The highest BCUT2D eigenvalue weighted by molar-refractivity contribution is 8.77. The summed E-state index contributed by atoms with van der Waals surface area (Å²) in [6, 6.07) is 8.20. The maximum atomic E-state index is 4.70. The van der Waals surface area contributed by atoms with Gasteiger partial charge in [-0.25, -0.2) is 4.98 Å². The van der Waals surface area contributed by atoms with E-state index in [-0.39, 0.29) is 0 Å². The molecule has 0 aliphatic heterocycles. The molecular formula is C18H24N6S3. The first-order valence-electron chi connectivity index (χ1n) is 9.14. The van der Waals surface area contributed by atoms with Gasteiger partial charge in [-0.1, -0.05) is 12.1 Å². The van der Waals surface area contributed by atoms with Crippen LogP contribution in [0.2, 0.25) is 0 Å². The van der Waals surface area contributed by atoms with E-state index >= 15 is 0 Å². The average Bonchev–Trinajstić information content (AvgIpc) is 3.11. The Morgan fingerprint density at radius 1 is 0.778 bits per heavy atom. The van der Waals surface area contributed by atoms with Crippen molar-refractivity contribution in [2.24, 2.45) is 0 Å². The Morgan fingerprint density at radius 3 is 1.93 bits per heavy atom. The molecule has 6 nitrogen and oxygen atoms in total. The minimum Gasteiger partial charge on any atom is -0.341 e. The van der Waals surface area contributed by atoms with Crippen LogP contribution < -0.4 is 9.80 Å². The van der Waals surface area contributed by atoms with Gasteiger partial charge in [0.2, 0.25) is 17.1 Å². The number of nitrogens with zero attached hydrogens (tertiary/aromatic N) is 6. The fourth-order valence-corrected chi connectivity index (χ4v) is 5.64. The van der Waals surface area contributed by atoms with Crippen LogP contribution >= 0.6 is 32.9 Å². The van der Waals surface area contributed by atoms with Crippen molar-refractivity contribution >= 4 is 55.0 Å². The summed E-state index contributed by atoms with van der Waals surface area (Å²) >= 11 is 1.69. The average molecular weight is 421 g/mol. The molecule has 0 aliphatic rings. The number of hydrogen-bond donors (Lipinski definition) is 0. The Kier molecular flexibility index (Phi) is 7.14. The van der Waals surface area contributed by atoms with Crippen molar-refractivity contribution in [2.45, 2.75) is 37.2 Å². The van der Waals surface area contributed by atoms with Crippen LogP contribution in [0.15, 0.2) is 33.8 Å². The molecular weight excluding hydrogens is 396 g/mol. The molecule has 0 aliphatic carbocycles. The van der Waals surface area contributed by atoms with Crippen molar-refractivity contribution in [3.8, 4) is 0 Å². The second-order valence-electron chi connectivity index (χ2n) is 5.68. The predicted octanol–water partition coefficient (Wildman–Crippen LogP) is 4.97. The van der Waals surface area contributed by atoms with Crippen molar-refractivity contribution in [1.29, 1.82) is 0 Å². The van der Waals surface area contributed by atoms with E-state index in [1.807, 2.05) is 18.2 Å². The molecule has 27 heavy (non-hydrogen) atoms. The Morgan fingerprint density at radius 2 is 1.37 bits per heavy atom. The van der Waals surface area contributed by atoms with Gasteiger partial charge < -0.3 is 9.80 Å². The lowest BCUT2D eigenvalue weighted by Gasteiger charge is -2.23. The van der Waals surface area contributed by atoms with Crippen LogP contribution in [-0.4, -0.2) is 46.1 Å². The van der Waals surface area contributed by atoms with Crippen LogP contribution in [-0.2, 0) is 0 Å². The molecule has 144 valence electrons. The maximum absolute atomic E-state index is 4.70. The molecule has 0 atom stereocenters. The Hall–Kier alpha value is -1.58. The van der Waals surface area contributed by atoms with Gasteiger partial charge in [-0.05, 0) is 61.4 Å². The highest BCUT2D eigenvalue weighted by Crippen LogP contribution is 2.40. The van der Waals surface area contributed by atoms with Gasteiger partial charge in [-0.15, -0.1) is 11.3 Å². The second kappa shape index (κ2) is 9.57. The van der Waals surface area contributed by atoms with Gasteiger partial charge in [0.15, 0.2) is 4.34 Å². The Bertz CT molecular complexity index is 813. The summed E-state index contributed by atoms with van der Waals surface area (Å²) in [5.74, 6) is 1.48. The molecule has 0 radical (unpaired) electrons. The van der Waals surface area contributed by atoms with Gasteiger partial charge in [-0.3, -0.25) is 0 Å². The number of para-hydroxylation sites is 1. The monoisotopic (exact) mass is 420 g/mol. The third-order valence-corrected chi connectivity index (χ3v) is 7.61. The summed E-state index contributed by atoms with van der Waals surface area (Å²) in [7, 11) is 3.15. The van der Waals surface area contributed by atoms with Crippen molar-refractivity contribution in [1.82, 2.24) is 19.9 Å². The van der Waals surface area contributed by atoms with E-state index in [0.29, 0.717) is 0 Å². The van der Waals surface area contributed by atoms with E-state index in [9.17, 15) is 0 Å². The summed E-state index contributed by atoms with van der Waals surface area (Å²) in [5.41, 5.74) is 1.04. The van der Waals surface area contributed by atoms with Gasteiger partial charge >= 0.3 is 0 Å². The van der Waals surface area contributed by atoms with Crippen molar-refractivity contribution in [3.05, 3.63) is 24.3 Å². The minimum atomic E-state index is 0.720. The standard InChI is InChI=1S/C18H24N6S3/c1-5-23(6-2)15-20-16(24(7-3)8-4)22-17(21-15)26-27-18-19-13-11-9-10-12-14(13)25-18/h9-12H,5-8H2,1-4H3. The highest BCUT2D eigenvalue weighted by atomic mass is 33.1. The zero-order valence-corrected chi connectivity index (χ0v) is 18.5. The number of thiazole rings is 1. The molecule has 0 unspecified atom stereocenters. The molecule has 3 aromatic rings. The van der Waals surface area contributed by atoms with Crippen LogP contribution in [0.3, 0.4) is 0 Å². The zero-order valence-electron chi connectivity index (χ0n) is 16.0. The lowest BCUT2D eigenvalue weighted by Crippen LogP contribution is -2.28. The number of aromatic nitrogens is 4. The van der Waals surface area contributed by atoms with Gasteiger partial charge in [0.25, 0.3) is 0 Å². The van der Waals surface area contributed by atoms with E-state index in [0.717, 1.165) is 53.1 Å². The van der Waals surface area contributed by atoms with E-state index < -0.39 is 0 Å². The summed E-state index contributed by atoms with van der Waals surface area (Å²) in [4.78, 5) is 23.1. The van der Waals surface area contributed by atoms with E-state index in [2.05, 4.69) is 48.5 Å². The van der Waals surface area contributed by atoms with Crippen LogP contribution in [0.1, 0.15) is 27.7 Å². The molecule has 0 bridgehead atoms. The first kappa shape index (κ1) is 20.2. The number of rotatable bonds is 9. The summed E-state index contributed by atoms with van der Waals surface area (Å²) < 4.78 is 2.21. The number of hydrogen-bond acceptors (Lipinski definition) is 9. The molecule has 0 amide bonds. The molecule has 0 spiro atoms. The van der Waals surface area contributed by atoms with Gasteiger partial charge in [0.05, 0.1) is 10.2 Å². The van der Waals surface area contributed by atoms with E-state index in [1.165, 1.54) is 4.70 Å². The molecule has 2 aromatic heterocycles. The van der Waals surface area contributed by atoms with Crippen LogP contribution in [0.25, 0.3) is 10.2 Å². The van der Waals surface area contributed by atoms with Crippen molar-refractivity contribution in [3.63, 3.8) is 0 Å². The smallest absolute Gasteiger partial charge is 0.231 e. The number of benzene rings is 1. The molecule has 0 saturated heterocycles. The molecule has 1 aromatic carbocycles. The van der Waals surface area contributed by atoms with E-state index in [4.69, 9.17) is 15.0 Å². The summed E-state index contributed by atoms with van der Waals surface area (Å²) in [6.07, 6.45) is 0. The molecule has 2 heterocycles. The Labute approximate surface area is 172 Å². The fraction of sp³-hybridized carbons (Fsp3) is 0.444.